The van der Waals surface area contributed by atoms with Gasteiger partial charge < -0.3 is 10.5 Å². The standard InChI is InChI=1S/C15H16FNO/c1-11(17)14-7-2-3-8-15(14)18-10-12-5-4-6-13(16)9-12/h2-9,11H,10,17H2,1H3/t11-/m0/s1. The van der Waals surface area contributed by atoms with Gasteiger partial charge >= 0.3 is 0 Å². The first kappa shape index (κ1) is 12.6. The maximum Gasteiger partial charge on any atom is 0.124 e. The largest absolute Gasteiger partial charge is 0.489 e. The molecule has 3 heteroatoms. The second-order valence-corrected chi connectivity index (χ2v) is 4.25. The Kier molecular flexibility index (Phi) is 3.95. The molecule has 0 unspecified atom stereocenters. The molecule has 0 saturated carbocycles. The summed E-state index contributed by atoms with van der Waals surface area (Å²) in [6.07, 6.45) is 0. The molecule has 2 N–H and O–H groups in total. The molecule has 0 fully saturated rings. The van der Waals surface area contributed by atoms with Crippen molar-refractivity contribution in [1.29, 1.82) is 0 Å². The summed E-state index contributed by atoms with van der Waals surface area (Å²) in [7, 11) is 0. The zero-order valence-electron chi connectivity index (χ0n) is 10.3. The zero-order valence-corrected chi connectivity index (χ0v) is 10.3. The average molecular weight is 245 g/mol. The van der Waals surface area contributed by atoms with Crippen LogP contribution in [0.3, 0.4) is 0 Å². The van der Waals surface area contributed by atoms with Crippen molar-refractivity contribution >= 4 is 0 Å². The Balaban J connectivity index is 2.11. The molecule has 0 saturated heterocycles. The maximum absolute atomic E-state index is 13.0. The number of rotatable bonds is 4. The van der Waals surface area contributed by atoms with Gasteiger partial charge in [0.25, 0.3) is 0 Å². The van der Waals surface area contributed by atoms with E-state index < -0.39 is 0 Å². The molecule has 2 aromatic rings. The van der Waals surface area contributed by atoms with Gasteiger partial charge in [0.2, 0.25) is 0 Å². The first-order chi connectivity index (χ1) is 8.66. The molecule has 0 aliphatic carbocycles. The van der Waals surface area contributed by atoms with Gasteiger partial charge in [0.15, 0.2) is 0 Å². The summed E-state index contributed by atoms with van der Waals surface area (Å²) in [5, 5.41) is 0. The van der Waals surface area contributed by atoms with Gasteiger partial charge in [-0.25, -0.2) is 4.39 Å². The number of halogens is 1. The monoisotopic (exact) mass is 245 g/mol. The number of hydrogen-bond donors (Lipinski definition) is 1. The molecule has 0 heterocycles. The summed E-state index contributed by atoms with van der Waals surface area (Å²) in [6.45, 7) is 2.24. The van der Waals surface area contributed by atoms with E-state index in [1.807, 2.05) is 37.3 Å². The van der Waals surface area contributed by atoms with E-state index in [9.17, 15) is 4.39 Å². The van der Waals surface area contributed by atoms with Crippen molar-refractivity contribution in [2.45, 2.75) is 19.6 Å². The zero-order chi connectivity index (χ0) is 13.0. The van der Waals surface area contributed by atoms with Crippen LogP contribution in [0.4, 0.5) is 4.39 Å². The van der Waals surface area contributed by atoms with Crippen LogP contribution in [0, 0.1) is 5.82 Å². The van der Waals surface area contributed by atoms with Crippen molar-refractivity contribution in [2.24, 2.45) is 5.73 Å². The molecule has 0 radical (unpaired) electrons. The Morgan fingerprint density at radius 3 is 2.67 bits per heavy atom. The van der Waals surface area contributed by atoms with Crippen molar-refractivity contribution in [3.63, 3.8) is 0 Å². The van der Waals surface area contributed by atoms with E-state index >= 15 is 0 Å². The maximum atomic E-state index is 13.0. The summed E-state index contributed by atoms with van der Waals surface area (Å²) < 4.78 is 18.7. The highest BCUT2D eigenvalue weighted by Crippen LogP contribution is 2.24. The topological polar surface area (TPSA) is 35.2 Å². The van der Waals surface area contributed by atoms with Crippen molar-refractivity contribution in [2.75, 3.05) is 0 Å². The van der Waals surface area contributed by atoms with Crippen LogP contribution >= 0.6 is 0 Å². The summed E-state index contributed by atoms with van der Waals surface area (Å²) in [5.41, 5.74) is 7.62. The minimum absolute atomic E-state index is 0.0892. The van der Waals surface area contributed by atoms with Gasteiger partial charge in [-0.3, -0.25) is 0 Å². The minimum Gasteiger partial charge on any atom is -0.489 e. The summed E-state index contributed by atoms with van der Waals surface area (Å²) in [4.78, 5) is 0. The molecule has 2 aromatic carbocycles. The first-order valence-corrected chi connectivity index (χ1v) is 5.88. The molecular weight excluding hydrogens is 229 g/mol. The fourth-order valence-corrected chi connectivity index (χ4v) is 1.78. The summed E-state index contributed by atoms with van der Waals surface area (Å²) >= 11 is 0. The van der Waals surface area contributed by atoms with Crippen LogP contribution in [0.2, 0.25) is 0 Å². The predicted octanol–water partition coefficient (Wildman–Crippen LogP) is 3.42. The van der Waals surface area contributed by atoms with Gasteiger partial charge in [0.1, 0.15) is 18.2 Å². The Bertz CT molecular complexity index is 525. The van der Waals surface area contributed by atoms with Gasteiger partial charge in [-0.2, -0.15) is 0 Å². The summed E-state index contributed by atoms with van der Waals surface area (Å²) in [5.74, 6) is 0.494. The molecular formula is C15H16FNO. The Labute approximate surface area is 106 Å². The van der Waals surface area contributed by atoms with Gasteiger partial charge in [-0.1, -0.05) is 30.3 Å². The van der Waals surface area contributed by atoms with Crippen molar-refractivity contribution in [1.82, 2.24) is 0 Å². The molecule has 0 aliphatic heterocycles. The minimum atomic E-state index is -0.253. The van der Waals surface area contributed by atoms with Crippen LogP contribution in [0.25, 0.3) is 0 Å². The molecule has 0 amide bonds. The SMILES string of the molecule is C[C@H](N)c1ccccc1OCc1cccc(F)c1. The third-order valence-electron chi connectivity index (χ3n) is 2.69. The third-order valence-corrected chi connectivity index (χ3v) is 2.69. The highest BCUT2D eigenvalue weighted by Gasteiger charge is 2.07. The lowest BCUT2D eigenvalue weighted by Crippen LogP contribution is -2.08. The highest BCUT2D eigenvalue weighted by atomic mass is 19.1. The number of ether oxygens (including phenoxy) is 1. The van der Waals surface area contributed by atoms with E-state index in [1.54, 1.807) is 6.07 Å². The van der Waals surface area contributed by atoms with Crippen LogP contribution in [-0.4, -0.2) is 0 Å². The Morgan fingerprint density at radius 1 is 1.17 bits per heavy atom. The lowest BCUT2D eigenvalue weighted by molar-refractivity contribution is 0.301. The quantitative estimate of drug-likeness (QED) is 0.895. The van der Waals surface area contributed by atoms with Gasteiger partial charge in [-0.05, 0) is 30.7 Å². The highest BCUT2D eigenvalue weighted by molar-refractivity contribution is 5.35. The number of hydrogen-bond acceptors (Lipinski definition) is 2. The Morgan fingerprint density at radius 2 is 1.94 bits per heavy atom. The van der Waals surface area contributed by atoms with E-state index in [0.29, 0.717) is 6.61 Å². The van der Waals surface area contributed by atoms with E-state index in [4.69, 9.17) is 10.5 Å². The van der Waals surface area contributed by atoms with E-state index in [-0.39, 0.29) is 11.9 Å². The molecule has 2 nitrogen and oxygen atoms in total. The number of benzene rings is 2. The smallest absolute Gasteiger partial charge is 0.124 e. The second kappa shape index (κ2) is 5.65. The summed E-state index contributed by atoms with van der Waals surface area (Å²) in [6, 6.07) is 13.9. The lowest BCUT2D eigenvalue weighted by atomic mass is 10.1. The van der Waals surface area contributed by atoms with Crippen LogP contribution in [-0.2, 0) is 6.61 Å². The first-order valence-electron chi connectivity index (χ1n) is 5.88. The van der Waals surface area contributed by atoms with Crippen molar-refractivity contribution in [3.8, 4) is 5.75 Å². The van der Waals surface area contributed by atoms with Crippen LogP contribution in [0.15, 0.2) is 48.5 Å². The molecule has 0 aliphatic rings. The van der Waals surface area contributed by atoms with Crippen LogP contribution < -0.4 is 10.5 Å². The van der Waals surface area contributed by atoms with Crippen LogP contribution in [0.1, 0.15) is 24.1 Å². The molecule has 0 spiro atoms. The van der Waals surface area contributed by atoms with Crippen molar-refractivity contribution < 1.29 is 9.13 Å². The van der Waals surface area contributed by atoms with Crippen molar-refractivity contribution in [3.05, 3.63) is 65.5 Å². The lowest BCUT2D eigenvalue weighted by Gasteiger charge is -2.13. The number of nitrogens with two attached hydrogens (primary N) is 1. The molecule has 1 atom stereocenters. The van der Waals surface area contributed by atoms with E-state index in [2.05, 4.69) is 0 Å². The van der Waals surface area contributed by atoms with Gasteiger partial charge in [0, 0.05) is 11.6 Å². The number of para-hydroxylation sites is 1. The molecule has 0 aromatic heterocycles. The van der Waals surface area contributed by atoms with E-state index in [1.165, 1.54) is 12.1 Å². The second-order valence-electron chi connectivity index (χ2n) is 4.25. The predicted molar refractivity (Wildman–Crippen MR) is 69.8 cm³/mol. The molecule has 18 heavy (non-hydrogen) atoms. The third kappa shape index (κ3) is 3.08. The normalized spacial score (nSPS) is 12.2. The van der Waals surface area contributed by atoms with Gasteiger partial charge in [0.05, 0.1) is 0 Å². The molecule has 0 bridgehead atoms. The molecule has 2 rings (SSSR count). The average Bonchev–Trinajstić information content (AvgIpc) is 2.37. The fraction of sp³-hybridized carbons (Fsp3) is 0.200. The van der Waals surface area contributed by atoms with Gasteiger partial charge in [-0.15, -0.1) is 0 Å². The van der Waals surface area contributed by atoms with Crippen LogP contribution in [0.5, 0.6) is 5.75 Å². The fourth-order valence-electron chi connectivity index (χ4n) is 1.78. The Hall–Kier alpha value is -1.87. The molecule has 94 valence electrons. The van der Waals surface area contributed by atoms with E-state index in [0.717, 1.165) is 16.9 Å².